The van der Waals surface area contributed by atoms with Crippen molar-refractivity contribution in [2.24, 2.45) is 0 Å². The molecule has 0 atom stereocenters. The van der Waals surface area contributed by atoms with E-state index < -0.39 is 5.97 Å². The van der Waals surface area contributed by atoms with Crippen molar-refractivity contribution in [1.82, 2.24) is 0 Å². The van der Waals surface area contributed by atoms with Crippen molar-refractivity contribution in [3.63, 3.8) is 0 Å². The number of hydrogen-bond donors (Lipinski definition) is 2. The zero-order valence-electron chi connectivity index (χ0n) is 8.79. The van der Waals surface area contributed by atoms with Crippen LogP contribution in [0, 0.1) is 0 Å². The number of ketones is 1. The number of Topliss-reactive ketones (excluding diaryl/α,β-unsaturated/α-hetero) is 1. The van der Waals surface area contributed by atoms with Gasteiger partial charge in [-0.3, -0.25) is 9.59 Å². The van der Waals surface area contributed by atoms with Crippen molar-refractivity contribution in [3.8, 4) is 0 Å². The van der Waals surface area contributed by atoms with Gasteiger partial charge in [-0.25, -0.2) is 0 Å². The highest BCUT2D eigenvalue weighted by Crippen LogP contribution is 2.21. The van der Waals surface area contributed by atoms with Gasteiger partial charge in [0.2, 0.25) is 0 Å². The van der Waals surface area contributed by atoms with E-state index in [2.05, 4.69) is 5.32 Å². The quantitative estimate of drug-likeness (QED) is 0.777. The van der Waals surface area contributed by atoms with E-state index in [1.165, 1.54) is 6.07 Å². The molecule has 0 aliphatic heterocycles. The van der Waals surface area contributed by atoms with Crippen LogP contribution in [0.5, 0.6) is 0 Å². The zero-order valence-corrected chi connectivity index (χ0v) is 9.54. The summed E-state index contributed by atoms with van der Waals surface area (Å²) in [6, 6.07) is 4.75. The van der Waals surface area contributed by atoms with Crippen LogP contribution in [0.3, 0.4) is 0 Å². The second kappa shape index (κ2) is 5.51. The maximum absolute atomic E-state index is 11.6. The molecule has 4 nitrogen and oxygen atoms in total. The second-order valence-corrected chi connectivity index (χ2v) is 3.65. The highest BCUT2D eigenvalue weighted by atomic mass is 35.5. The average Bonchev–Trinajstić information content (AvgIpc) is 2.26. The Morgan fingerprint density at radius 2 is 2.12 bits per heavy atom. The standard InChI is InChI=1S/C11H12ClNO3/c1-2-10(14)8-5-7(12)3-4-9(8)13-6-11(15)16/h3-5,13H,2,6H2,1H3,(H,15,16). The lowest BCUT2D eigenvalue weighted by Gasteiger charge is -2.09. The number of hydrogen-bond acceptors (Lipinski definition) is 3. The summed E-state index contributed by atoms with van der Waals surface area (Å²) in [6.45, 7) is 1.51. The summed E-state index contributed by atoms with van der Waals surface area (Å²) < 4.78 is 0. The average molecular weight is 242 g/mol. The Balaban J connectivity index is 2.98. The number of anilines is 1. The number of aliphatic carboxylic acids is 1. The molecule has 0 bridgehead atoms. The van der Waals surface area contributed by atoms with Gasteiger partial charge < -0.3 is 10.4 Å². The van der Waals surface area contributed by atoms with Crippen LogP contribution in [-0.2, 0) is 4.79 Å². The topological polar surface area (TPSA) is 66.4 Å². The third kappa shape index (κ3) is 3.24. The Morgan fingerprint density at radius 3 is 2.69 bits per heavy atom. The molecule has 0 radical (unpaired) electrons. The summed E-state index contributed by atoms with van der Waals surface area (Å²) in [5, 5.41) is 11.7. The van der Waals surface area contributed by atoms with Crippen molar-refractivity contribution < 1.29 is 14.7 Å². The van der Waals surface area contributed by atoms with Crippen molar-refractivity contribution >= 4 is 29.0 Å². The number of rotatable bonds is 5. The molecule has 0 aromatic heterocycles. The predicted molar refractivity (Wildman–Crippen MR) is 62.2 cm³/mol. The van der Waals surface area contributed by atoms with Gasteiger partial charge in [-0.05, 0) is 18.2 Å². The smallest absolute Gasteiger partial charge is 0.322 e. The molecular weight excluding hydrogens is 230 g/mol. The number of carboxylic acids is 1. The molecule has 86 valence electrons. The van der Waals surface area contributed by atoms with E-state index >= 15 is 0 Å². The molecular formula is C11H12ClNO3. The summed E-state index contributed by atoms with van der Waals surface area (Å²) in [4.78, 5) is 22.0. The Hall–Kier alpha value is -1.55. The molecule has 0 saturated carbocycles. The maximum Gasteiger partial charge on any atom is 0.322 e. The van der Waals surface area contributed by atoms with Crippen LogP contribution in [0.1, 0.15) is 23.7 Å². The first-order valence-electron chi connectivity index (χ1n) is 4.83. The van der Waals surface area contributed by atoms with Gasteiger partial charge in [-0.1, -0.05) is 18.5 Å². The van der Waals surface area contributed by atoms with Gasteiger partial charge in [-0.2, -0.15) is 0 Å². The minimum Gasteiger partial charge on any atom is -0.480 e. The van der Waals surface area contributed by atoms with Crippen LogP contribution in [0.4, 0.5) is 5.69 Å². The number of nitrogens with one attached hydrogen (secondary N) is 1. The Morgan fingerprint density at radius 1 is 1.44 bits per heavy atom. The van der Waals surface area contributed by atoms with E-state index in [1.807, 2.05) is 0 Å². The molecule has 1 rings (SSSR count). The largest absolute Gasteiger partial charge is 0.480 e. The van der Waals surface area contributed by atoms with E-state index in [0.29, 0.717) is 22.7 Å². The molecule has 0 fully saturated rings. The Labute approximate surface area is 98.2 Å². The van der Waals surface area contributed by atoms with E-state index in [0.717, 1.165) is 0 Å². The lowest BCUT2D eigenvalue weighted by atomic mass is 10.1. The Kier molecular flexibility index (Phi) is 4.31. The molecule has 0 amide bonds. The molecule has 1 aromatic carbocycles. The first kappa shape index (κ1) is 12.5. The fourth-order valence-corrected chi connectivity index (χ4v) is 1.43. The summed E-state index contributed by atoms with van der Waals surface area (Å²) >= 11 is 5.78. The van der Waals surface area contributed by atoms with E-state index in [9.17, 15) is 9.59 Å². The first-order chi connectivity index (χ1) is 7.54. The molecule has 2 N–H and O–H groups in total. The third-order valence-electron chi connectivity index (χ3n) is 2.03. The highest BCUT2D eigenvalue weighted by Gasteiger charge is 2.10. The number of carbonyl (C=O) groups is 2. The SMILES string of the molecule is CCC(=O)c1cc(Cl)ccc1NCC(=O)O. The fourth-order valence-electron chi connectivity index (χ4n) is 1.26. The third-order valence-corrected chi connectivity index (χ3v) is 2.27. The second-order valence-electron chi connectivity index (χ2n) is 3.21. The zero-order chi connectivity index (χ0) is 12.1. The van der Waals surface area contributed by atoms with E-state index in [1.54, 1.807) is 19.1 Å². The van der Waals surface area contributed by atoms with Crippen LogP contribution in [0.2, 0.25) is 5.02 Å². The maximum atomic E-state index is 11.6. The van der Waals surface area contributed by atoms with Crippen LogP contribution >= 0.6 is 11.6 Å². The molecule has 0 heterocycles. The number of carboxylic acid groups (broad SMARTS) is 1. The molecule has 5 heteroatoms. The Bertz CT molecular complexity index is 418. The normalized spacial score (nSPS) is 9.88. The van der Waals surface area contributed by atoms with Gasteiger partial charge in [0, 0.05) is 22.7 Å². The van der Waals surface area contributed by atoms with Crippen LogP contribution < -0.4 is 5.32 Å². The number of carbonyl (C=O) groups excluding carboxylic acids is 1. The van der Waals surface area contributed by atoms with E-state index in [4.69, 9.17) is 16.7 Å². The molecule has 0 unspecified atom stereocenters. The van der Waals surface area contributed by atoms with Gasteiger partial charge >= 0.3 is 5.97 Å². The predicted octanol–water partition coefficient (Wildman–Crippen LogP) is 2.43. The van der Waals surface area contributed by atoms with Crippen molar-refractivity contribution in [2.45, 2.75) is 13.3 Å². The number of halogens is 1. The lowest BCUT2D eigenvalue weighted by molar-refractivity contribution is -0.134. The van der Waals surface area contributed by atoms with Crippen LogP contribution in [-0.4, -0.2) is 23.4 Å². The summed E-state index contributed by atoms with van der Waals surface area (Å²) in [5.41, 5.74) is 0.926. The molecule has 0 saturated heterocycles. The summed E-state index contributed by atoms with van der Waals surface area (Å²) in [5.74, 6) is -1.06. The molecule has 0 aliphatic rings. The van der Waals surface area contributed by atoms with Gasteiger partial charge in [0.25, 0.3) is 0 Å². The monoisotopic (exact) mass is 241 g/mol. The molecule has 0 aliphatic carbocycles. The molecule has 1 aromatic rings. The van der Waals surface area contributed by atoms with Gasteiger partial charge in [0.1, 0.15) is 6.54 Å². The highest BCUT2D eigenvalue weighted by molar-refractivity contribution is 6.31. The summed E-state index contributed by atoms with van der Waals surface area (Å²) in [7, 11) is 0. The van der Waals surface area contributed by atoms with Crippen molar-refractivity contribution in [3.05, 3.63) is 28.8 Å². The van der Waals surface area contributed by atoms with Gasteiger partial charge in [0.15, 0.2) is 5.78 Å². The van der Waals surface area contributed by atoms with Crippen LogP contribution in [0.15, 0.2) is 18.2 Å². The minimum absolute atomic E-state index is 0.0737. The first-order valence-corrected chi connectivity index (χ1v) is 5.20. The van der Waals surface area contributed by atoms with Crippen molar-refractivity contribution in [2.75, 3.05) is 11.9 Å². The van der Waals surface area contributed by atoms with E-state index in [-0.39, 0.29) is 12.3 Å². The number of benzene rings is 1. The fraction of sp³-hybridized carbons (Fsp3) is 0.273. The van der Waals surface area contributed by atoms with Gasteiger partial charge in [0.05, 0.1) is 0 Å². The minimum atomic E-state index is -0.982. The molecule has 16 heavy (non-hydrogen) atoms. The van der Waals surface area contributed by atoms with Gasteiger partial charge in [-0.15, -0.1) is 0 Å². The molecule has 0 spiro atoms. The van der Waals surface area contributed by atoms with Crippen molar-refractivity contribution in [1.29, 1.82) is 0 Å². The lowest BCUT2D eigenvalue weighted by Crippen LogP contribution is -2.14. The van der Waals surface area contributed by atoms with Crippen LogP contribution in [0.25, 0.3) is 0 Å². The summed E-state index contributed by atoms with van der Waals surface area (Å²) in [6.07, 6.45) is 0.349.